The SMILES string of the molecule is CCCCCC1CCC(c2nnc3n2N=C(c2cc(C)c(O)c(C)c2)CS3)CC1. The van der Waals surface area contributed by atoms with Gasteiger partial charge in [-0.3, -0.25) is 0 Å². The molecule has 1 aliphatic heterocycles. The van der Waals surface area contributed by atoms with Gasteiger partial charge in [-0.05, 0) is 74.3 Å². The normalized spacial score (nSPS) is 21.7. The molecule has 156 valence electrons. The van der Waals surface area contributed by atoms with Gasteiger partial charge in [0.2, 0.25) is 5.16 Å². The molecule has 0 bridgehead atoms. The molecule has 6 heteroatoms. The monoisotopic (exact) mass is 412 g/mol. The highest BCUT2D eigenvalue weighted by Crippen LogP contribution is 2.39. The highest BCUT2D eigenvalue weighted by Gasteiger charge is 2.29. The van der Waals surface area contributed by atoms with Gasteiger partial charge in [-0.15, -0.1) is 10.2 Å². The van der Waals surface area contributed by atoms with Crippen LogP contribution in [-0.4, -0.2) is 31.4 Å². The molecule has 5 nitrogen and oxygen atoms in total. The quantitative estimate of drug-likeness (QED) is 0.608. The number of phenols is 1. The first-order valence-electron chi connectivity index (χ1n) is 11.0. The molecule has 4 rings (SSSR count). The molecule has 1 aliphatic carbocycles. The maximum absolute atomic E-state index is 10.1. The summed E-state index contributed by atoms with van der Waals surface area (Å²) in [6.45, 7) is 6.16. The van der Waals surface area contributed by atoms with Crippen molar-refractivity contribution in [1.29, 1.82) is 0 Å². The van der Waals surface area contributed by atoms with Gasteiger partial charge in [-0.1, -0.05) is 44.4 Å². The first-order chi connectivity index (χ1) is 14.1. The van der Waals surface area contributed by atoms with E-state index in [1.807, 2.05) is 30.7 Å². The predicted octanol–water partition coefficient (Wildman–Crippen LogP) is 5.81. The number of aryl methyl sites for hydroxylation is 2. The fraction of sp³-hybridized carbons (Fsp3) is 0.609. The molecule has 2 aromatic rings. The van der Waals surface area contributed by atoms with Crippen LogP contribution in [0.1, 0.15) is 86.7 Å². The van der Waals surface area contributed by atoms with Crippen LogP contribution < -0.4 is 0 Å². The van der Waals surface area contributed by atoms with Crippen molar-refractivity contribution in [2.75, 3.05) is 5.75 Å². The second kappa shape index (κ2) is 8.90. The molecular weight excluding hydrogens is 380 g/mol. The number of unbranched alkanes of at least 4 members (excludes halogenated alkanes) is 2. The highest BCUT2D eigenvalue weighted by molar-refractivity contribution is 7.99. The Hall–Kier alpha value is -1.82. The lowest BCUT2D eigenvalue weighted by molar-refractivity contribution is 0.293. The van der Waals surface area contributed by atoms with Crippen molar-refractivity contribution in [3.05, 3.63) is 34.6 Å². The van der Waals surface area contributed by atoms with Crippen molar-refractivity contribution >= 4 is 17.5 Å². The summed E-state index contributed by atoms with van der Waals surface area (Å²) in [5, 5.41) is 24.9. The second-order valence-corrected chi connectivity index (χ2v) is 9.60. The van der Waals surface area contributed by atoms with Crippen molar-refractivity contribution in [3.63, 3.8) is 0 Å². The van der Waals surface area contributed by atoms with Gasteiger partial charge in [0.05, 0.1) is 5.71 Å². The predicted molar refractivity (Wildman–Crippen MR) is 119 cm³/mol. The zero-order chi connectivity index (χ0) is 20.4. The molecule has 0 spiro atoms. The Morgan fingerprint density at radius 2 is 1.79 bits per heavy atom. The molecule has 1 aromatic heterocycles. The summed E-state index contributed by atoms with van der Waals surface area (Å²) in [5.41, 5.74) is 3.89. The minimum atomic E-state index is 0.374. The second-order valence-electron chi connectivity index (χ2n) is 8.66. The lowest BCUT2D eigenvalue weighted by atomic mass is 9.79. The smallest absolute Gasteiger partial charge is 0.212 e. The molecule has 0 atom stereocenters. The van der Waals surface area contributed by atoms with Crippen LogP contribution in [0.5, 0.6) is 5.75 Å². The molecule has 1 N–H and O–H groups in total. The summed E-state index contributed by atoms with van der Waals surface area (Å²) in [4.78, 5) is 0. The number of aromatic hydroxyl groups is 1. The topological polar surface area (TPSA) is 63.3 Å². The summed E-state index contributed by atoms with van der Waals surface area (Å²) in [6, 6.07) is 4.05. The Bertz CT molecular complexity index is 873. The maximum atomic E-state index is 10.1. The average molecular weight is 413 g/mol. The van der Waals surface area contributed by atoms with E-state index in [4.69, 9.17) is 5.10 Å². The number of rotatable bonds is 6. The minimum absolute atomic E-state index is 0.374. The maximum Gasteiger partial charge on any atom is 0.212 e. The average Bonchev–Trinajstić information content (AvgIpc) is 3.15. The first kappa shape index (κ1) is 20.5. The van der Waals surface area contributed by atoms with Gasteiger partial charge in [0, 0.05) is 11.7 Å². The minimum Gasteiger partial charge on any atom is -0.507 e. The number of benzene rings is 1. The van der Waals surface area contributed by atoms with Crippen molar-refractivity contribution in [3.8, 4) is 5.75 Å². The van der Waals surface area contributed by atoms with E-state index in [-0.39, 0.29) is 0 Å². The Kier molecular flexibility index (Phi) is 6.28. The van der Waals surface area contributed by atoms with Crippen LogP contribution in [0.3, 0.4) is 0 Å². The molecule has 0 unspecified atom stereocenters. The number of nitrogens with zero attached hydrogens (tertiary/aromatic N) is 4. The van der Waals surface area contributed by atoms with Gasteiger partial charge in [-0.2, -0.15) is 9.78 Å². The van der Waals surface area contributed by atoms with Crippen molar-refractivity contribution in [1.82, 2.24) is 14.9 Å². The Labute approximate surface area is 178 Å². The number of hydrogen-bond donors (Lipinski definition) is 1. The number of phenolic OH excluding ortho intramolecular Hbond substituents is 1. The fourth-order valence-electron chi connectivity index (χ4n) is 4.65. The lowest BCUT2D eigenvalue weighted by Crippen LogP contribution is -2.19. The van der Waals surface area contributed by atoms with Crippen molar-refractivity contribution in [2.24, 2.45) is 11.0 Å². The Morgan fingerprint density at radius 1 is 1.07 bits per heavy atom. The van der Waals surface area contributed by atoms with E-state index in [0.717, 1.165) is 45.1 Å². The molecule has 1 aromatic carbocycles. The molecule has 1 saturated carbocycles. The van der Waals surface area contributed by atoms with Crippen LogP contribution in [0.15, 0.2) is 22.4 Å². The summed E-state index contributed by atoms with van der Waals surface area (Å²) in [6.07, 6.45) is 10.4. The van der Waals surface area contributed by atoms with E-state index < -0.39 is 0 Å². The third kappa shape index (κ3) is 4.37. The first-order valence-corrected chi connectivity index (χ1v) is 12.0. The van der Waals surface area contributed by atoms with Crippen LogP contribution in [0, 0.1) is 19.8 Å². The van der Waals surface area contributed by atoms with Crippen LogP contribution in [-0.2, 0) is 0 Å². The summed E-state index contributed by atoms with van der Waals surface area (Å²) < 4.78 is 1.99. The van der Waals surface area contributed by atoms with E-state index in [1.165, 1.54) is 51.4 Å². The van der Waals surface area contributed by atoms with Gasteiger partial charge in [-0.25, -0.2) is 0 Å². The van der Waals surface area contributed by atoms with E-state index in [0.29, 0.717) is 11.7 Å². The number of hydrogen-bond acceptors (Lipinski definition) is 5. The molecule has 0 amide bonds. The molecule has 2 aliphatic rings. The van der Waals surface area contributed by atoms with E-state index >= 15 is 0 Å². The zero-order valence-electron chi connectivity index (χ0n) is 17.8. The van der Waals surface area contributed by atoms with E-state index in [9.17, 15) is 5.11 Å². The number of fused-ring (bicyclic) bond motifs is 1. The molecule has 2 heterocycles. The van der Waals surface area contributed by atoms with E-state index in [2.05, 4.69) is 17.1 Å². The van der Waals surface area contributed by atoms with Crippen LogP contribution in [0.2, 0.25) is 0 Å². The molecular formula is C23H32N4OS. The molecule has 1 fully saturated rings. The highest BCUT2D eigenvalue weighted by atomic mass is 32.2. The summed E-state index contributed by atoms with van der Waals surface area (Å²) in [7, 11) is 0. The van der Waals surface area contributed by atoms with Gasteiger partial charge in [0.15, 0.2) is 5.82 Å². The van der Waals surface area contributed by atoms with Crippen LogP contribution in [0.25, 0.3) is 0 Å². The third-order valence-corrected chi connectivity index (χ3v) is 7.38. The van der Waals surface area contributed by atoms with Crippen LogP contribution in [0.4, 0.5) is 0 Å². The van der Waals surface area contributed by atoms with E-state index in [1.54, 1.807) is 11.8 Å². The molecule has 0 radical (unpaired) electrons. The van der Waals surface area contributed by atoms with Crippen LogP contribution >= 0.6 is 11.8 Å². The number of thioether (sulfide) groups is 1. The zero-order valence-corrected chi connectivity index (χ0v) is 18.6. The summed E-state index contributed by atoms with van der Waals surface area (Å²) >= 11 is 1.70. The molecule has 0 saturated heterocycles. The standard InChI is InChI=1S/C23H32N4OS/c1-4-5-6-7-17-8-10-18(11-9-17)22-24-25-23-27(22)26-20(14-29-23)19-12-15(2)21(28)16(3)13-19/h12-13,17-18,28H,4-11,14H2,1-3H3. The largest absolute Gasteiger partial charge is 0.507 e. The Balaban J connectivity index is 1.51. The Morgan fingerprint density at radius 3 is 2.48 bits per heavy atom. The van der Waals surface area contributed by atoms with Gasteiger partial charge in [0.25, 0.3) is 0 Å². The van der Waals surface area contributed by atoms with Crippen molar-refractivity contribution in [2.45, 2.75) is 83.2 Å². The van der Waals surface area contributed by atoms with Gasteiger partial charge in [0.1, 0.15) is 5.75 Å². The lowest BCUT2D eigenvalue weighted by Gasteiger charge is -2.28. The fourth-order valence-corrected chi connectivity index (χ4v) is 5.50. The van der Waals surface area contributed by atoms with Gasteiger partial charge >= 0.3 is 0 Å². The summed E-state index contributed by atoms with van der Waals surface area (Å²) in [5.74, 6) is 3.54. The third-order valence-electron chi connectivity index (χ3n) is 6.45. The number of aromatic nitrogens is 3. The van der Waals surface area contributed by atoms with Crippen molar-refractivity contribution < 1.29 is 5.11 Å². The van der Waals surface area contributed by atoms with Gasteiger partial charge < -0.3 is 5.11 Å². The molecule has 29 heavy (non-hydrogen) atoms.